The van der Waals surface area contributed by atoms with Crippen LogP contribution in [0.1, 0.15) is 54.2 Å². The number of carboxylic acid groups (broad SMARTS) is 1. The Kier molecular flexibility index (Phi) is 7.86. The van der Waals surface area contributed by atoms with Crippen LogP contribution >= 0.6 is 11.6 Å². The third-order valence-electron chi connectivity index (χ3n) is 6.74. The summed E-state index contributed by atoms with van der Waals surface area (Å²) in [6.45, 7) is 4.44. The van der Waals surface area contributed by atoms with E-state index in [9.17, 15) is 9.59 Å². The standard InChI is InChI=1S/C28H31ClN2O3/c1-2-7-23-10-6-16-30(23)19-26-24(21-8-4-3-5-9-21)18-25(29)27(32)31(26)17-15-20-11-13-22(14-12-20)28(33)34/h3-5,8-9,11-14,18,23H,2,6-7,10,15-17,19H2,1H3,(H,33,34)/t23-/m0/s1. The second-order valence-electron chi connectivity index (χ2n) is 8.98. The summed E-state index contributed by atoms with van der Waals surface area (Å²) in [5.74, 6) is -0.945. The molecule has 1 aliphatic heterocycles. The number of hydrogen-bond acceptors (Lipinski definition) is 3. The van der Waals surface area contributed by atoms with Crippen LogP contribution in [0.5, 0.6) is 0 Å². The number of hydrogen-bond donors (Lipinski definition) is 1. The van der Waals surface area contributed by atoms with Gasteiger partial charge >= 0.3 is 5.97 Å². The number of aromatic nitrogens is 1. The van der Waals surface area contributed by atoms with Crippen molar-refractivity contribution in [1.82, 2.24) is 9.47 Å². The van der Waals surface area contributed by atoms with Crippen molar-refractivity contribution in [2.24, 2.45) is 0 Å². The summed E-state index contributed by atoms with van der Waals surface area (Å²) in [5, 5.41) is 9.37. The third kappa shape index (κ3) is 5.43. The highest BCUT2D eigenvalue weighted by Gasteiger charge is 2.26. The molecule has 2 heterocycles. The number of pyridine rings is 1. The molecule has 178 valence electrons. The van der Waals surface area contributed by atoms with Crippen molar-refractivity contribution >= 4 is 17.6 Å². The molecule has 34 heavy (non-hydrogen) atoms. The molecule has 0 bridgehead atoms. The van der Waals surface area contributed by atoms with Crippen LogP contribution in [-0.4, -0.2) is 33.1 Å². The molecule has 1 atom stereocenters. The number of carbonyl (C=O) groups is 1. The molecule has 0 amide bonds. The number of nitrogens with zero attached hydrogens (tertiary/aromatic N) is 2. The number of benzene rings is 2. The first-order valence-electron chi connectivity index (χ1n) is 12.0. The van der Waals surface area contributed by atoms with Crippen LogP contribution in [0, 0.1) is 0 Å². The van der Waals surface area contributed by atoms with E-state index in [0.717, 1.165) is 41.8 Å². The van der Waals surface area contributed by atoms with Gasteiger partial charge in [-0.1, -0.05) is 67.4 Å². The summed E-state index contributed by atoms with van der Waals surface area (Å²) in [5.41, 5.74) is 4.09. The molecule has 5 nitrogen and oxygen atoms in total. The third-order valence-corrected chi connectivity index (χ3v) is 7.01. The smallest absolute Gasteiger partial charge is 0.335 e. The number of aromatic carboxylic acids is 1. The van der Waals surface area contributed by atoms with Crippen molar-refractivity contribution in [2.75, 3.05) is 6.54 Å². The first-order chi connectivity index (χ1) is 16.5. The molecule has 0 aliphatic carbocycles. The van der Waals surface area contributed by atoms with Crippen molar-refractivity contribution in [1.29, 1.82) is 0 Å². The van der Waals surface area contributed by atoms with Crippen LogP contribution < -0.4 is 5.56 Å². The van der Waals surface area contributed by atoms with Gasteiger partial charge in [-0.15, -0.1) is 0 Å². The maximum atomic E-state index is 13.3. The van der Waals surface area contributed by atoms with E-state index in [1.807, 2.05) is 41.0 Å². The summed E-state index contributed by atoms with van der Waals surface area (Å²) < 4.78 is 1.83. The Morgan fingerprint density at radius 3 is 2.53 bits per heavy atom. The molecule has 6 heteroatoms. The maximum Gasteiger partial charge on any atom is 0.335 e. The van der Waals surface area contributed by atoms with Gasteiger partial charge in [0.05, 0.1) is 5.56 Å². The SMILES string of the molecule is CCC[C@H]1CCCN1Cc1c(-c2ccccc2)cc(Cl)c(=O)n1CCc1ccc(C(=O)O)cc1. The summed E-state index contributed by atoms with van der Waals surface area (Å²) in [4.78, 5) is 26.9. The van der Waals surface area contributed by atoms with Gasteiger partial charge in [0, 0.05) is 30.4 Å². The molecule has 0 unspecified atom stereocenters. The number of halogens is 1. The Morgan fingerprint density at radius 1 is 1.12 bits per heavy atom. The fraction of sp³-hybridized carbons (Fsp3) is 0.357. The first kappa shape index (κ1) is 24.2. The van der Waals surface area contributed by atoms with E-state index in [1.54, 1.807) is 12.1 Å². The van der Waals surface area contributed by atoms with Gasteiger partial charge in [0.15, 0.2) is 0 Å². The molecule has 1 N–H and O–H groups in total. The molecule has 4 rings (SSSR count). The summed E-state index contributed by atoms with van der Waals surface area (Å²) in [7, 11) is 0. The second kappa shape index (κ2) is 11.0. The fourth-order valence-corrected chi connectivity index (χ4v) is 5.17. The molecule has 1 aromatic heterocycles. The van der Waals surface area contributed by atoms with Crippen molar-refractivity contribution < 1.29 is 9.90 Å². The van der Waals surface area contributed by atoms with Gasteiger partial charge in [0.1, 0.15) is 5.02 Å². The molecule has 2 aromatic carbocycles. The minimum absolute atomic E-state index is 0.176. The predicted molar refractivity (Wildman–Crippen MR) is 137 cm³/mol. The van der Waals surface area contributed by atoms with Gasteiger partial charge in [-0.2, -0.15) is 0 Å². The number of aryl methyl sites for hydroxylation is 1. The van der Waals surface area contributed by atoms with Gasteiger partial charge < -0.3 is 9.67 Å². The number of carboxylic acids is 1. The van der Waals surface area contributed by atoms with E-state index >= 15 is 0 Å². The summed E-state index contributed by atoms with van der Waals surface area (Å²) >= 11 is 6.46. The molecular weight excluding hydrogens is 448 g/mol. The molecule has 0 saturated carbocycles. The first-order valence-corrected chi connectivity index (χ1v) is 12.4. The highest BCUT2D eigenvalue weighted by molar-refractivity contribution is 6.30. The van der Waals surface area contributed by atoms with E-state index in [2.05, 4.69) is 24.0 Å². The van der Waals surface area contributed by atoms with E-state index in [1.165, 1.54) is 12.8 Å². The highest BCUT2D eigenvalue weighted by atomic mass is 35.5. The van der Waals surface area contributed by atoms with Crippen molar-refractivity contribution in [3.8, 4) is 11.1 Å². The Labute approximate surface area is 205 Å². The lowest BCUT2D eigenvalue weighted by atomic mass is 10.0. The van der Waals surface area contributed by atoms with Crippen LogP contribution in [0.25, 0.3) is 11.1 Å². The fourth-order valence-electron chi connectivity index (χ4n) is 4.95. The van der Waals surface area contributed by atoms with Gasteiger partial charge in [-0.3, -0.25) is 9.69 Å². The quantitative estimate of drug-likeness (QED) is 0.417. The molecular formula is C28H31ClN2O3. The lowest BCUT2D eigenvalue weighted by molar-refractivity contribution is 0.0697. The average Bonchev–Trinajstić information content (AvgIpc) is 3.28. The van der Waals surface area contributed by atoms with Crippen molar-refractivity contribution in [3.05, 3.63) is 92.9 Å². The predicted octanol–water partition coefficient (Wildman–Crippen LogP) is 5.87. The lowest BCUT2D eigenvalue weighted by Crippen LogP contribution is -2.34. The largest absolute Gasteiger partial charge is 0.478 e. The lowest BCUT2D eigenvalue weighted by Gasteiger charge is -2.27. The monoisotopic (exact) mass is 478 g/mol. The zero-order valence-electron chi connectivity index (χ0n) is 19.5. The Balaban J connectivity index is 1.72. The minimum Gasteiger partial charge on any atom is -0.478 e. The van der Waals surface area contributed by atoms with E-state index in [4.69, 9.17) is 16.7 Å². The summed E-state index contributed by atoms with van der Waals surface area (Å²) in [6, 6.07) is 19.3. The Bertz CT molecular complexity index is 1190. The van der Waals surface area contributed by atoms with Gasteiger partial charge in [-0.25, -0.2) is 4.79 Å². The molecule has 1 fully saturated rings. The van der Waals surface area contributed by atoms with Gasteiger partial charge in [0.25, 0.3) is 5.56 Å². The van der Waals surface area contributed by atoms with Crippen molar-refractivity contribution in [2.45, 2.75) is 58.2 Å². The molecule has 1 saturated heterocycles. The Hall–Kier alpha value is -2.89. The summed E-state index contributed by atoms with van der Waals surface area (Å²) in [6.07, 6.45) is 5.29. The topological polar surface area (TPSA) is 62.5 Å². The molecule has 0 radical (unpaired) electrons. The Morgan fingerprint density at radius 2 is 1.85 bits per heavy atom. The minimum atomic E-state index is -0.945. The number of likely N-dealkylation sites (tertiary alicyclic amines) is 1. The zero-order chi connectivity index (χ0) is 24.1. The number of rotatable bonds is 9. The molecule has 3 aromatic rings. The average molecular weight is 479 g/mol. The zero-order valence-corrected chi connectivity index (χ0v) is 20.3. The van der Waals surface area contributed by atoms with Crippen molar-refractivity contribution in [3.63, 3.8) is 0 Å². The highest BCUT2D eigenvalue weighted by Crippen LogP contribution is 2.30. The normalized spacial score (nSPS) is 16.1. The van der Waals surface area contributed by atoms with E-state index in [0.29, 0.717) is 25.6 Å². The second-order valence-corrected chi connectivity index (χ2v) is 9.39. The van der Waals surface area contributed by atoms with Gasteiger partial charge in [-0.05, 0) is 61.6 Å². The van der Waals surface area contributed by atoms with Crippen LogP contribution in [0.15, 0.2) is 65.5 Å². The van der Waals surface area contributed by atoms with E-state index < -0.39 is 5.97 Å². The van der Waals surface area contributed by atoms with E-state index in [-0.39, 0.29) is 16.1 Å². The van der Waals surface area contributed by atoms with Crippen LogP contribution in [-0.2, 0) is 19.5 Å². The van der Waals surface area contributed by atoms with Gasteiger partial charge in [0.2, 0.25) is 0 Å². The van der Waals surface area contributed by atoms with Crippen LogP contribution in [0.4, 0.5) is 0 Å². The maximum absolute atomic E-state index is 13.3. The molecule has 0 spiro atoms. The van der Waals surface area contributed by atoms with Crippen LogP contribution in [0.2, 0.25) is 5.02 Å². The van der Waals surface area contributed by atoms with Crippen LogP contribution in [0.3, 0.4) is 0 Å². The molecule has 1 aliphatic rings.